The van der Waals surface area contributed by atoms with Gasteiger partial charge in [0.1, 0.15) is 6.29 Å². The van der Waals surface area contributed by atoms with Gasteiger partial charge in [0, 0.05) is 10.6 Å². The Morgan fingerprint density at radius 1 is 1.00 bits per heavy atom. The molecule has 0 N–H and O–H groups in total. The second-order valence-corrected chi connectivity index (χ2v) is 5.66. The molecule has 0 spiro atoms. The largest absolute Gasteiger partial charge is 0.298 e. The summed E-state index contributed by atoms with van der Waals surface area (Å²) in [6.45, 7) is 0. The Bertz CT molecular complexity index is 389. The summed E-state index contributed by atoms with van der Waals surface area (Å²) in [4.78, 5) is 11.0. The SMILES string of the molecule is C1CC1.O=Cc1cccc(Cl)c1C1CCCCC1. The van der Waals surface area contributed by atoms with Crippen LogP contribution in [0.4, 0.5) is 0 Å². The van der Waals surface area contributed by atoms with E-state index in [1.807, 2.05) is 18.2 Å². The third kappa shape index (κ3) is 3.84. The highest BCUT2D eigenvalue weighted by Gasteiger charge is 2.20. The summed E-state index contributed by atoms with van der Waals surface area (Å²) in [5.74, 6) is 0.493. The van der Waals surface area contributed by atoms with E-state index in [0.717, 1.165) is 22.4 Å². The fourth-order valence-corrected chi connectivity index (χ4v) is 2.81. The molecule has 0 aromatic heterocycles. The minimum absolute atomic E-state index is 0.493. The fraction of sp³-hybridized carbons (Fsp3) is 0.562. The van der Waals surface area contributed by atoms with Gasteiger partial charge in [-0.1, -0.05) is 62.3 Å². The first-order chi connectivity index (χ1) is 8.83. The van der Waals surface area contributed by atoms with Crippen LogP contribution in [0.5, 0.6) is 0 Å². The summed E-state index contributed by atoms with van der Waals surface area (Å²) in [5.41, 5.74) is 1.85. The zero-order valence-corrected chi connectivity index (χ0v) is 11.6. The molecule has 2 aliphatic carbocycles. The van der Waals surface area contributed by atoms with Crippen molar-refractivity contribution in [3.05, 3.63) is 34.3 Å². The van der Waals surface area contributed by atoms with Crippen molar-refractivity contribution in [3.63, 3.8) is 0 Å². The Hall–Kier alpha value is -0.820. The summed E-state index contributed by atoms with van der Waals surface area (Å²) in [5, 5.41) is 0.756. The molecule has 0 atom stereocenters. The smallest absolute Gasteiger partial charge is 0.150 e. The standard InChI is InChI=1S/C13H15ClO.C3H6/c14-12-8-4-7-11(9-15)13(12)10-5-2-1-3-6-10;1-2-3-1/h4,7-10H,1-3,5-6H2;1-3H2. The zero-order chi connectivity index (χ0) is 12.8. The van der Waals surface area contributed by atoms with Crippen molar-refractivity contribution < 1.29 is 4.79 Å². The average molecular weight is 265 g/mol. The molecule has 2 heteroatoms. The Morgan fingerprint density at radius 3 is 2.17 bits per heavy atom. The number of hydrogen-bond donors (Lipinski definition) is 0. The van der Waals surface area contributed by atoms with Gasteiger partial charge >= 0.3 is 0 Å². The van der Waals surface area contributed by atoms with E-state index >= 15 is 0 Å². The van der Waals surface area contributed by atoms with E-state index in [1.54, 1.807) is 0 Å². The zero-order valence-electron chi connectivity index (χ0n) is 10.8. The van der Waals surface area contributed by atoms with E-state index < -0.39 is 0 Å². The van der Waals surface area contributed by atoms with E-state index in [0.29, 0.717) is 5.92 Å². The Balaban J connectivity index is 0.000000350. The number of hydrogen-bond acceptors (Lipinski definition) is 1. The molecule has 18 heavy (non-hydrogen) atoms. The first-order valence-corrected chi connectivity index (χ1v) is 7.44. The molecule has 1 aromatic rings. The van der Waals surface area contributed by atoms with Crippen molar-refractivity contribution in [3.8, 4) is 0 Å². The molecule has 0 aliphatic heterocycles. The molecule has 98 valence electrons. The highest BCUT2D eigenvalue weighted by Crippen LogP contribution is 2.37. The van der Waals surface area contributed by atoms with Crippen LogP contribution in [0, 0.1) is 0 Å². The fourth-order valence-electron chi connectivity index (χ4n) is 2.48. The molecular formula is C16H21ClO. The predicted molar refractivity (Wildman–Crippen MR) is 76.5 cm³/mol. The van der Waals surface area contributed by atoms with Crippen LogP contribution in [-0.2, 0) is 0 Å². The minimum atomic E-state index is 0.493. The van der Waals surface area contributed by atoms with Crippen LogP contribution >= 0.6 is 11.6 Å². The first kappa shape index (κ1) is 13.6. The van der Waals surface area contributed by atoms with Gasteiger partial charge in [-0.25, -0.2) is 0 Å². The molecular weight excluding hydrogens is 244 g/mol. The van der Waals surface area contributed by atoms with Gasteiger partial charge in [0.2, 0.25) is 0 Å². The number of benzene rings is 1. The van der Waals surface area contributed by atoms with Crippen molar-refractivity contribution >= 4 is 17.9 Å². The van der Waals surface area contributed by atoms with Crippen LogP contribution in [0.15, 0.2) is 18.2 Å². The summed E-state index contributed by atoms with van der Waals surface area (Å²) in [6.07, 6.45) is 11.6. The number of carbonyl (C=O) groups is 1. The van der Waals surface area contributed by atoms with E-state index in [1.165, 1.54) is 51.4 Å². The highest BCUT2D eigenvalue weighted by molar-refractivity contribution is 6.31. The third-order valence-corrected chi connectivity index (χ3v) is 3.91. The van der Waals surface area contributed by atoms with E-state index in [4.69, 9.17) is 11.6 Å². The summed E-state index contributed by atoms with van der Waals surface area (Å²) < 4.78 is 0. The maximum Gasteiger partial charge on any atom is 0.150 e. The van der Waals surface area contributed by atoms with E-state index in [2.05, 4.69) is 0 Å². The molecule has 2 saturated carbocycles. The van der Waals surface area contributed by atoms with Gasteiger partial charge < -0.3 is 0 Å². The van der Waals surface area contributed by atoms with Gasteiger partial charge in [0.05, 0.1) is 0 Å². The van der Waals surface area contributed by atoms with Gasteiger partial charge in [-0.15, -0.1) is 0 Å². The maximum atomic E-state index is 11.0. The molecule has 1 nitrogen and oxygen atoms in total. The molecule has 3 rings (SSSR count). The molecule has 1 aromatic carbocycles. The van der Waals surface area contributed by atoms with Crippen LogP contribution in [0.1, 0.15) is 73.2 Å². The maximum absolute atomic E-state index is 11.0. The van der Waals surface area contributed by atoms with Gasteiger partial charge in [-0.2, -0.15) is 0 Å². The third-order valence-electron chi connectivity index (χ3n) is 3.58. The van der Waals surface area contributed by atoms with Crippen molar-refractivity contribution in [2.75, 3.05) is 0 Å². The van der Waals surface area contributed by atoms with Crippen molar-refractivity contribution in [1.29, 1.82) is 0 Å². The molecule has 0 radical (unpaired) electrons. The lowest BCUT2D eigenvalue weighted by molar-refractivity contribution is 0.112. The predicted octanol–water partition coefficient (Wildman–Crippen LogP) is 5.37. The second kappa shape index (κ2) is 6.94. The van der Waals surface area contributed by atoms with E-state index in [-0.39, 0.29) is 0 Å². The highest BCUT2D eigenvalue weighted by atomic mass is 35.5. The summed E-state index contributed by atoms with van der Waals surface area (Å²) in [6, 6.07) is 5.60. The summed E-state index contributed by atoms with van der Waals surface area (Å²) >= 11 is 6.18. The normalized spacial score (nSPS) is 18.7. The van der Waals surface area contributed by atoms with Gasteiger partial charge in [0.15, 0.2) is 0 Å². The van der Waals surface area contributed by atoms with Crippen LogP contribution in [0.2, 0.25) is 5.02 Å². The first-order valence-electron chi connectivity index (χ1n) is 7.06. The van der Waals surface area contributed by atoms with Crippen LogP contribution in [-0.4, -0.2) is 6.29 Å². The molecule has 2 fully saturated rings. The van der Waals surface area contributed by atoms with Gasteiger partial charge in [-0.3, -0.25) is 4.79 Å². The van der Waals surface area contributed by atoms with Crippen molar-refractivity contribution in [1.82, 2.24) is 0 Å². The lowest BCUT2D eigenvalue weighted by Gasteiger charge is -2.24. The topological polar surface area (TPSA) is 17.1 Å². The van der Waals surface area contributed by atoms with Crippen molar-refractivity contribution in [2.45, 2.75) is 57.3 Å². The van der Waals surface area contributed by atoms with Crippen LogP contribution in [0.25, 0.3) is 0 Å². The van der Waals surface area contributed by atoms with Crippen LogP contribution in [0.3, 0.4) is 0 Å². The Labute approximate surface area is 115 Å². The number of aldehydes is 1. The molecule has 2 aliphatic rings. The molecule has 0 unspecified atom stereocenters. The quantitative estimate of drug-likeness (QED) is 0.656. The molecule has 0 heterocycles. The van der Waals surface area contributed by atoms with Gasteiger partial charge in [0.25, 0.3) is 0 Å². The molecule has 0 amide bonds. The number of halogens is 1. The average Bonchev–Trinajstić information content (AvgIpc) is 3.27. The number of rotatable bonds is 2. The number of carbonyl (C=O) groups excluding carboxylic acids is 1. The molecule has 0 bridgehead atoms. The Kier molecular flexibility index (Phi) is 5.25. The lowest BCUT2D eigenvalue weighted by Crippen LogP contribution is -2.07. The monoisotopic (exact) mass is 264 g/mol. The molecule has 0 saturated heterocycles. The van der Waals surface area contributed by atoms with Gasteiger partial charge in [-0.05, 0) is 30.4 Å². The second-order valence-electron chi connectivity index (χ2n) is 5.26. The summed E-state index contributed by atoms with van der Waals surface area (Å²) in [7, 11) is 0. The minimum Gasteiger partial charge on any atom is -0.298 e. The van der Waals surface area contributed by atoms with Crippen LogP contribution < -0.4 is 0 Å². The Morgan fingerprint density at radius 2 is 1.61 bits per heavy atom. The van der Waals surface area contributed by atoms with Crippen molar-refractivity contribution in [2.24, 2.45) is 0 Å². The lowest BCUT2D eigenvalue weighted by atomic mass is 9.82. The van der Waals surface area contributed by atoms with E-state index in [9.17, 15) is 4.79 Å².